The molecule has 1 aromatic rings. The summed E-state index contributed by atoms with van der Waals surface area (Å²) in [6.07, 6.45) is 3.61. The highest BCUT2D eigenvalue weighted by molar-refractivity contribution is 5.78. The van der Waals surface area contributed by atoms with Crippen LogP contribution in [0.1, 0.15) is 58.9 Å². The van der Waals surface area contributed by atoms with Gasteiger partial charge in [0.2, 0.25) is 5.91 Å². The van der Waals surface area contributed by atoms with Crippen LogP contribution in [0.2, 0.25) is 0 Å². The van der Waals surface area contributed by atoms with Gasteiger partial charge in [0, 0.05) is 31.7 Å². The second-order valence-electron chi connectivity index (χ2n) is 8.68. The van der Waals surface area contributed by atoms with E-state index in [-0.39, 0.29) is 36.6 Å². The van der Waals surface area contributed by atoms with E-state index in [1.165, 1.54) is 0 Å². The highest BCUT2D eigenvalue weighted by Crippen LogP contribution is 2.27. The van der Waals surface area contributed by atoms with Gasteiger partial charge in [-0.25, -0.2) is 4.79 Å². The van der Waals surface area contributed by atoms with Gasteiger partial charge in [0.15, 0.2) is 0 Å². The van der Waals surface area contributed by atoms with Crippen LogP contribution in [0.25, 0.3) is 0 Å². The Morgan fingerprint density at radius 3 is 2.07 bits per heavy atom. The fraction of sp³-hybridized carbons (Fsp3) is 0.652. The lowest BCUT2D eigenvalue weighted by Gasteiger charge is -2.42. The fourth-order valence-electron chi connectivity index (χ4n) is 3.98. The molecule has 29 heavy (non-hydrogen) atoms. The number of amides is 2. The molecule has 0 aromatic heterocycles. The van der Waals surface area contributed by atoms with Gasteiger partial charge >= 0.3 is 6.09 Å². The van der Waals surface area contributed by atoms with Crippen LogP contribution in [0.5, 0.6) is 0 Å². The maximum absolute atomic E-state index is 12.7. The lowest BCUT2D eigenvalue weighted by atomic mass is 9.88. The molecule has 2 unspecified atom stereocenters. The van der Waals surface area contributed by atoms with E-state index in [0.717, 1.165) is 36.9 Å². The van der Waals surface area contributed by atoms with Crippen LogP contribution in [0, 0.1) is 5.92 Å². The highest BCUT2D eigenvalue weighted by Gasteiger charge is 2.36. The number of rotatable bonds is 7. The Hall–Kier alpha value is -2.24. The first kappa shape index (κ1) is 23.0. The molecule has 2 amide bonds. The third-order valence-corrected chi connectivity index (χ3v) is 5.59. The summed E-state index contributed by atoms with van der Waals surface area (Å²) in [5, 5.41) is 3.34. The number of anilines is 1. The second-order valence-corrected chi connectivity index (χ2v) is 8.68. The number of hydrogen-bond donors (Lipinski definition) is 1. The van der Waals surface area contributed by atoms with Crippen molar-refractivity contribution >= 4 is 17.7 Å². The van der Waals surface area contributed by atoms with Gasteiger partial charge in [-0.1, -0.05) is 38.8 Å². The van der Waals surface area contributed by atoms with E-state index in [1.807, 2.05) is 50.1 Å². The SMILES string of the molecule is CC(C)Nc1ccc(COC(=O)N(C)C2CCCCC2N(C)C(=O)C(C)C)cc1. The molecule has 1 aliphatic rings. The Balaban J connectivity index is 1.95. The summed E-state index contributed by atoms with van der Waals surface area (Å²) in [4.78, 5) is 28.7. The van der Waals surface area contributed by atoms with Crippen molar-refractivity contribution in [3.63, 3.8) is 0 Å². The third kappa shape index (κ3) is 6.38. The number of hydrogen-bond acceptors (Lipinski definition) is 4. The number of benzene rings is 1. The minimum Gasteiger partial charge on any atom is -0.445 e. The molecule has 6 nitrogen and oxygen atoms in total. The van der Waals surface area contributed by atoms with E-state index < -0.39 is 0 Å². The molecule has 0 heterocycles. The van der Waals surface area contributed by atoms with Gasteiger partial charge in [0.1, 0.15) is 6.61 Å². The highest BCUT2D eigenvalue weighted by atomic mass is 16.6. The Labute approximate surface area is 175 Å². The molecule has 1 saturated carbocycles. The predicted molar refractivity (Wildman–Crippen MR) is 117 cm³/mol. The Morgan fingerprint density at radius 1 is 1.00 bits per heavy atom. The van der Waals surface area contributed by atoms with Crippen molar-refractivity contribution in [1.29, 1.82) is 0 Å². The molecule has 2 rings (SSSR count). The molecule has 2 atom stereocenters. The number of nitrogens with one attached hydrogen (secondary N) is 1. The lowest BCUT2D eigenvalue weighted by Crippen LogP contribution is -2.55. The number of likely N-dealkylation sites (N-methyl/N-ethyl adjacent to an activating group) is 2. The molecule has 0 spiro atoms. The van der Waals surface area contributed by atoms with E-state index in [1.54, 1.807) is 11.9 Å². The topological polar surface area (TPSA) is 61.9 Å². The van der Waals surface area contributed by atoms with Crippen molar-refractivity contribution < 1.29 is 14.3 Å². The second kappa shape index (κ2) is 10.5. The van der Waals surface area contributed by atoms with Gasteiger partial charge in [0.25, 0.3) is 0 Å². The Kier molecular flexibility index (Phi) is 8.35. The third-order valence-electron chi connectivity index (χ3n) is 5.59. The van der Waals surface area contributed by atoms with E-state index in [2.05, 4.69) is 19.2 Å². The van der Waals surface area contributed by atoms with Gasteiger partial charge in [-0.2, -0.15) is 0 Å². The molecule has 1 aromatic carbocycles. The summed E-state index contributed by atoms with van der Waals surface area (Å²) in [6.45, 7) is 8.25. The first-order valence-corrected chi connectivity index (χ1v) is 10.7. The molecule has 6 heteroatoms. The molecule has 0 aliphatic heterocycles. The monoisotopic (exact) mass is 403 g/mol. The van der Waals surface area contributed by atoms with Crippen molar-refractivity contribution in [2.24, 2.45) is 5.92 Å². The van der Waals surface area contributed by atoms with Crippen LogP contribution in [0.15, 0.2) is 24.3 Å². The zero-order valence-electron chi connectivity index (χ0n) is 18.8. The van der Waals surface area contributed by atoms with Crippen molar-refractivity contribution in [2.45, 2.75) is 78.1 Å². The Bertz CT molecular complexity index is 672. The van der Waals surface area contributed by atoms with Gasteiger partial charge in [-0.15, -0.1) is 0 Å². The van der Waals surface area contributed by atoms with Crippen LogP contribution in [0.4, 0.5) is 10.5 Å². The van der Waals surface area contributed by atoms with Gasteiger partial charge in [0.05, 0.1) is 12.1 Å². The van der Waals surface area contributed by atoms with Crippen LogP contribution < -0.4 is 5.32 Å². The molecule has 0 bridgehead atoms. The first-order chi connectivity index (χ1) is 13.7. The van der Waals surface area contributed by atoms with Gasteiger partial charge in [-0.3, -0.25) is 4.79 Å². The summed E-state index contributed by atoms with van der Waals surface area (Å²) in [5.41, 5.74) is 2.00. The number of ether oxygens (including phenoxy) is 1. The maximum Gasteiger partial charge on any atom is 0.410 e. The lowest BCUT2D eigenvalue weighted by molar-refractivity contribution is -0.137. The van der Waals surface area contributed by atoms with Crippen LogP contribution in [0.3, 0.4) is 0 Å². The zero-order chi connectivity index (χ0) is 21.6. The van der Waals surface area contributed by atoms with Crippen molar-refractivity contribution in [3.05, 3.63) is 29.8 Å². The fourth-order valence-corrected chi connectivity index (χ4v) is 3.98. The van der Waals surface area contributed by atoms with E-state index in [9.17, 15) is 9.59 Å². The summed E-state index contributed by atoms with van der Waals surface area (Å²) in [7, 11) is 3.64. The summed E-state index contributed by atoms with van der Waals surface area (Å²) < 4.78 is 5.56. The van der Waals surface area contributed by atoms with E-state index in [0.29, 0.717) is 6.04 Å². The van der Waals surface area contributed by atoms with Gasteiger partial charge < -0.3 is 19.9 Å². The molecule has 1 fully saturated rings. The average Bonchev–Trinajstić information content (AvgIpc) is 2.70. The average molecular weight is 404 g/mol. The summed E-state index contributed by atoms with van der Waals surface area (Å²) >= 11 is 0. The molecule has 1 N–H and O–H groups in total. The maximum atomic E-state index is 12.7. The normalized spacial score (nSPS) is 19.2. The molecular weight excluding hydrogens is 366 g/mol. The molecule has 162 valence electrons. The summed E-state index contributed by atoms with van der Waals surface area (Å²) in [5.74, 6) is 0.0757. The van der Waals surface area contributed by atoms with Crippen LogP contribution in [-0.2, 0) is 16.1 Å². The van der Waals surface area contributed by atoms with Crippen LogP contribution >= 0.6 is 0 Å². The van der Waals surface area contributed by atoms with E-state index in [4.69, 9.17) is 4.74 Å². The minimum absolute atomic E-state index is 0.0124. The quantitative estimate of drug-likeness (QED) is 0.728. The minimum atomic E-state index is -0.336. The smallest absolute Gasteiger partial charge is 0.410 e. The molecular formula is C23H37N3O3. The van der Waals surface area contributed by atoms with Crippen molar-refractivity contribution in [1.82, 2.24) is 9.80 Å². The number of nitrogens with zero attached hydrogens (tertiary/aromatic N) is 2. The number of carbonyl (C=O) groups is 2. The molecule has 0 radical (unpaired) electrons. The standard InChI is InChI=1S/C23H37N3O3/c1-16(2)22(27)25(5)20-9-7-8-10-21(20)26(6)23(28)29-15-18-11-13-19(14-12-18)24-17(3)4/h11-14,16-17,20-21,24H,7-10,15H2,1-6H3. The largest absolute Gasteiger partial charge is 0.445 e. The predicted octanol–water partition coefficient (Wildman–Crippen LogP) is 4.50. The van der Waals surface area contributed by atoms with Crippen molar-refractivity contribution in [2.75, 3.05) is 19.4 Å². The van der Waals surface area contributed by atoms with Crippen molar-refractivity contribution in [3.8, 4) is 0 Å². The first-order valence-electron chi connectivity index (χ1n) is 10.7. The molecule has 0 saturated heterocycles. The molecule has 1 aliphatic carbocycles. The zero-order valence-corrected chi connectivity index (χ0v) is 18.8. The van der Waals surface area contributed by atoms with E-state index >= 15 is 0 Å². The Morgan fingerprint density at radius 2 is 1.55 bits per heavy atom. The summed E-state index contributed by atoms with van der Waals surface area (Å²) in [6, 6.07) is 8.33. The van der Waals surface area contributed by atoms with Gasteiger partial charge in [-0.05, 0) is 44.4 Å². The van der Waals surface area contributed by atoms with Crippen LogP contribution in [-0.4, -0.2) is 54.0 Å². The number of carbonyl (C=O) groups excluding carboxylic acids is 2.